The molecule has 128 valence electrons. The first-order valence-electron chi connectivity index (χ1n) is 7.92. The lowest BCUT2D eigenvalue weighted by Gasteiger charge is -2.14. The van der Waals surface area contributed by atoms with E-state index in [1.165, 1.54) is 0 Å². The van der Waals surface area contributed by atoms with E-state index in [-0.39, 0.29) is 24.9 Å². The van der Waals surface area contributed by atoms with Crippen molar-refractivity contribution < 1.29 is 19.2 Å². The molecule has 1 aromatic carbocycles. The average Bonchev–Trinajstić information content (AvgIpc) is 2.46. The van der Waals surface area contributed by atoms with E-state index in [9.17, 15) is 9.59 Å². The van der Waals surface area contributed by atoms with E-state index in [0.717, 1.165) is 11.3 Å². The minimum atomic E-state index is -0.134. The van der Waals surface area contributed by atoms with Gasteiger partial charge < -0.3 is 20.3 Å². The van der Waals surface area contributed by atoms with E-state index in [1.54, 1.807) is 19.2 Å². The fraction of sp³-hybridized carbons (Fsp3) is 0.529. The van der Waals surface area contributed by atoms with Gasteiger partial charge in [-0.3, -0.25) is 9.59 Å². The molecule has 0 bridgehead atoms. The monoisotopic (exact) mass is 322 g/mol. The fourth-order valence-electron chi connectivity index (χ4n) is 2.08. The Morgan fingerprint density at radius 1 is 1.22 bits per heavy atom. The molecule has 0 aromatic heterocycles. The van der Waals surface area contributed by atoms with Gasteiger partial charge in [-0.1, -0.05) is 19.9 Å². The zero-order valence-corrected chi connectivity index (χ0v) is 14.4. The van der Waals surface area contributed by atoms with Gasteiger partial charge in [0.25, 0.3) is 11.8 Å². The molecular weight excluding hydrogens is 294 g/mol. The Balaban J connectivity index is 2.34. The van der Waals surface area contributed by atoms with Crippen LogP contribution < -0.4 is 20.3 Å². The van der Waals surface area contributed by atoms with Crippen LogP contribution in [0.25, 0.3) is 0 Å². The Hall–Kier alpha value is -2.08. The van der Waals surface area contributed by atoms with E-state index >= 15 is 0 Å². The van der Waals surface area contributed by atoms with Crippen LogP contribution in [-0.4, -0.2) is 45.6 Å². The Morgan fingerprint density at radius 2 is 1.91 bits per heavy atom. The van der Waals surface area contributed by atoms with Gasteiger partial charge in [0.2, 0.25) is 0 Å². The molecule has 1 atom stereocenters. The number of methoxy groups -OCH3 is 1. The summed E-state index contributed by atoms with van der Waals surface area (Å²) in [6.45, 7) is 5.43. The maximum absolute atomic E-state index is 12.0. The van der Waals surface area contributed by atoms with Gasteiger partial charge in [0.05, 0.1) is 14.2 Å². The molecule has 2 amide bonds. The first-order chi connectivity index (χ1) is 10.9. The number of amides is 2. The molecule has 0 radical (unpaired) electrons. The van der Waals surface area contributed by atoms with Crippen molar-refractivity contribution in [2.24, 2.45) is 5.92 Å². The maximum atomic E-state index is 12.0. The molecule has 0 saturated heterocycles. The molecule has 1 aromatic rings. The van der Waals surface area contributed by atoms with Crippen LogP contribution in [0.3, 0.4) is 0 Å². The second-order valence-electron chi connectivity index (χ2n) is 6.12. The van der Waals surface area contributed by atoms with Gasteiger partial charge in [0, 0.05) is 18.3 Å². The number of anilines is 1. The second kappa shape index (κ2) is 9.84. The Bertz CT molecular complexity index is 518. The Labute approximate surface area is 138 Å². The van der Waals surface area contributed by atoms with E-state index < -0.39 is 0 Å². The minimum Gasteiger partial charge on any atom is -0.497 e. The average molecular weight is 322 g/mol. The molecule has 0 aliphatic heterocycles. The lowest BCUT2D eigenvalue weighted by Crippen LogP contribution is -3.11. The molecule has 6 nitrogen and oxygen atoms in total. The molecule has 0 saturated carbocycles. The van der Waals surface area contributed by atoms with Crippen molar-refractivity contribution in [3.8, 4) is 5.75 Å². The summed E-state index contributed by atoms with van der Waals surface area (Å²) in [7, 11) is 3.41. The summed E-state index contributed by atoms with van der Waals surface area (Å²) < 4.78 is 5.11. The number of likely N-dealkylation sites (N-methyl/N-ethyl adjacent to an activating group) is 1. The van der Waals surface area contributed by atoms with Gasteiger partial charge in [0.1, 0.15) is 5.75 Å². The predicted octanol–water partition coefficient (Wildman–Crippen LogP) is 0.311. The molecule has 0 fully saturated rings. The highest BCUT2D eigenvalue weighted by Gasteiger charge is 2.14. The molecule has 23 heavy (non-hydrogen) atoms. The topological polar surface area (TPSA) is 71.9 Å². The number of carbonyl (C=O) groups excluding carboxylic acids is 2. The summed E-state index contributed by atoms with van der Waals surface area (Å²) >= 11 is 0. The largest absolute Gasteiger partial charge is 0.497 e. The highest BCUT2D eigenvalue weighted by atomic mass is 16.5. The minimum absolute atomic E-state index is 0.0302. The fourth-order valence-corrected chi connectivity index (χ4v) is 2.08. The van der Waals surface area contributed by atoms with E-state index in [2.05, 4.69) is 24.5 Å². The standard InChI is InChI=1S/C17H27N3O3/c1-13(2)8-9-18-16(21)11-20(3)12-17(22)19-14-6-5-7-15(10-14)23-4/h5-7,10,13H,8-9,11-12H2,1-4H3,(H,18,21)(H,19,22)/p+1. The van der Waals surface area contributed by atoms with Gasteiger partial charge in [-0.25, -0.2) is 0 Å². The molecular formula is C17H28N3O3+. The SMILES string of the molecule is COc1cccc(NC(=O)C[NH+](C)CC(=O)NCCC(C)C)c1. The van der Waals surface area contributed by atoms with Crippen LogP contribution in [-0.2, 0) is 9.59 Å². The molecule has 1 rings (SSSR count). The lowest BCUT2D eigenvalue weighted by molar-refractivity contribution is -0.862. The molecule has 6 heteroatoms. The maximum Gasteiger partial charge on any atom is 0.279 e. The van der Waals surface area contributed by atoms with Crippen LogP contribution in [0.2, 0.25) is 0 Å². The van der Waals surface area contributed by atoms with Gasteiger partial charge in [-0.15, -0.1) is 0 Å². The van der Waals surface area contributed by atoms with Gasteiger partial charge >= 0.3 is 0 Å². The van der Waals surface area contributed by atoms with E-state index in [0.29, 0.717) is 23.9 Å². The van der Waals surface area contributed by atoms with Crippen molar-refractivity contribution in [2.45, 2.75) is 20.3 Å². The number of ether oxygens (including phenoxy) is 1. The van der Waals surface area contributed by atoms with E-state index in [1.807, 2.05) is 19.2 Å². The third kappa shape index (κ3) is 8.21. The predicted molar refractivity (Wildman–Crippen MR) is 90.7 cm³/mol. The number of benzene rings is 1. The molecule has 1 unspecified atom stereocenters. The number of carbonyl (C=O) groups is 2. The quantitative estimate of drug-likeness (QED) is 0.613. The first-order valence-corrected chi connectivity index (χ1v) is 7.92. The molecule has 0 spiro atoms. The van der Waals surface area contributed by atoms with Crippen LogP contribution in [0.4, 0.5) is 5.69 Å². The second-order valence-corrected chi connectivity index (χ2v) is 6.12. The van der Waals surface area contributed by atoms with Gasteiger partial charge in [-0.05, 0) is 24.5 Å². The third-order valence-corrected chi connectivity index (χ3v) is 3.32. The molecule has 0 aliphatic rings. The van der Waals surface area contributed by atoms with Crippen molar-refractivity contribution in [2.75, 3.05) is 39.1 Å². The van der Waals surface area contributed by atoms with Crippen LogP contribution in [0.5, 0.6) is 5.75 Å². The Morgan fingerprint density at radius 3 is 2.57 bits per heavy atom. The summed E-state index contributed by atoms with van der Waals surface area (Å²) in [4.78, 5) is 24.6. The number of hydrogen-bond donors (Lipinski definition) is 3. The van der Waals surface area contributed by atoms with Crippen molar-refractivity contribution in [3.05, 3.63) is 24.3 Å². The Kier molecular flexibility index (Phi) is 8.11. The van der Waals surface area contributed by atoms with Gasteiger partial charge in [-0.2, -0.15) is 0 Å². The van der Waals surface area contributed by atoms with Crippen LogP contribution in [0.15, 0.2) is 24.3 Å². The van der Waals surface area contributed by atoms with Crippen LogP contribution in [0.1, 0.15) is 20.3 Å². The number of quaternary nitrogens is 1. The van der Waals surface area contributed by atoms with Crippen molar-refractivity contribution in [1.82, 2.24) is 5.32 Å². The van der Waals surface area contributed by atoms with Crippen LogP contribution in [0, 0.1) is 5.92 Å². The van der Waals surface area contributed by atoms with Crippen molar-refractivity contribution >= 4 is 17.5 Å². The highest BCUT2D eigenvalue weighted by Crippen LogP contribution is 2.16. The lowest BCUT2D eigenvalue weighted by atomic mass is 10.1. The first kappa shape index (κ1) is 19.0. The summed E-state index contributed by atoms with van der Waals surface area (Å²) in [6, 6.07) is 7.18. The van der Waals surface area contributed by atoms with Crippen molar-refractivity contribution in [1.29, 1.82) is 0 Å². The van der Waals surface area contributed by atoms with E-state index in [4.69, 9.17) is 4.74 Å². The van der Waals surface area contributed by atoms with Crippen molar-refractivity contribution in [3.63, 3.8) is 0 Å². The summed E-state index contributed by atoms with van der Waals surface area (Å²) in [5.74, 6) is 1.09. The number of rotatable bonds is 9. The molecule has 3 N–H and O–H groups in total. The summed E-state index contributed by atoms with van der Waals surface area (Å²) in [6.07, 6.45) is 0.959. The summed E-state index contributed by atoms with van der Waals surface area (Å²) in [5, 5.41) is 5.68. The van der Waals surface area contributed by atoms with Gasteiger partial charge in [0.15, 0.2) is 13.1 Å². The zero-order chi connectivity index (χ0) is 17.2. The van der Waals surface area contributed by atoms with Crippen LogP contribution >= 0.6 is 0 Å². The number of nitrogens with one attached hydrogen (secondary N) is 3. The normalized spacial score (nSPS) is 11.9. The number of hydrogen-bond acceptors (Lipinski definition) is 3. The smallest absolute Gasteiger partial charge is 0.279 e. The highest BCUT2D eigenvalue weighted by molar-refractivity contribution is 5.91. The molecule has 0 aliphatic carbocycles. The molecule has 0 heterocycles. The zero-order valence-electron chi connectivity index (χ0n) is 14.4. The summed E-state index contributed by atoms with van der Waals surface area (Å²) in [5.41, 5.74) is 0.684. The third-order valence-electron chi connectivity index (χ3n) is 3.32.